The topological polar surface area (TPSA) is 33.7 Å². The number of halogens is 3. The van der Waals surface area contributed by atoms with Gasteiger partial charge in [0.15, 0.2) is 0 Å². The number of alkyl halides is 3. The first-order valence-corrected chi connectivity index (χ1v) is 8.25. The Morgan fingerprint density at radius 2 is 1.95 bits per heavy atom. The molecule has 0 aromatic heterocycles. The number of nitrogens with zero attached hydrogens (tertiary/aromatic N) is 1. The van der Waals surface area contributed by atoms with E-state index in [1.807, 2.05) is 0 Å². The zero-order chi connectivity index (χ0) is 15.8. The minimum atomic E-state index is -4.08. The van der Waals surface area contributed by atoms with Crippen LogP contribution in [0.25, 0.3) is 0 Å². The highest BCUT2D eigenvalue weighted by molar-refractivity contribution is 4.78. The van der Waals surface area contributed by atoms with Crippen molar-refractivity contribution in [2.24, 2.45) is 0 Å². The minimum Gasteiger partial charge on any atom is -0.379 e. The van der Waals surface area contributed by atoms with E-state index >= 15 is 0 Å². The molecular formula is C15H27F3N2O2. The van der Waals surface area contributed by atoms with Crippen LogP contribution in [-0.2, 0) is 9.47 Å². The molecule has 1 unspecified atom stereocenters. The fourth-order valence-corrected chi connectivity index (χ4v) is 3.02. The summed E-state index contributed by atoms with van der Waals surface area (Å²) in [5.41, 5.74) is 0. The highest BCUT2D eigenvalue weighted by atomic mass is 19.4. The van der Waals surface area contributed by atoms with Crippen molar-refractivity contribution in [2.75, 3.05) is 46.0 Å². The van der Waals surface area contributed by atoms with Gasteiger partial charge in [0.2, 0.25) is 0 Å². The molecule has 7 heteroatoms. The largest absolute Gasteiger partial charge is 0.401 e. The van der Waals surface area contributed by atoms with Crippen LogP contribution in [0.2, 0.25) is 0 Å². The van der Waals surface area contributed by atoms with Crippen LogP contribution in [0.5, 0.6) is 0 Å². The Labute approximate surface area is 130 Å². The van der Waals surface area contributed by atoms with Gasteiger partial charge in [0.1, 0.15) is 0 Å². The van der Waals surface area contributed by atoms with E-state index in [2.05, 4.69) is 5.32 Å². The molecule has 2 saturated heterocycles. The van der Waals surface area contributed by atoms with Gasteiger partial charge in [-0.05, 0) is 51.7 Å². The van der Waals surface area contributed by atoms with Gasteiger partial charge in [-0.15, -0.1) is 0 Å². The molecule has 0 bridgehead atoms. The molecule has 1 N–H and O–H groups in total. The van der Waals surface area contributed by atoms with Crippen molar-refractivity contribution >= 4 is 0 Å². The molecule has 0 aromatic rings. The van der Waals surface area contributed by atoms with Crippen molar-refractivity contribution in [1.82, 2.24) is 10.2 Å². The maximum Gasteiger partial charge on any atom is 0.401 e. The molecule has 0 aromatic carbocycles. The lowest BCUT2D eigenvalue weighted by Gasteiger charge is -2.32. The quantitative estimate of drug-likeness (QED) is 0.694. The Hall–Kier alpha value is -0.370. The Kier molecular flexibility index (Phi) is 7.40. The van der Waals surface area contributed by atoms with Gasteiger partial charge in [-0.25, -0.2) is 0 Å². The molecule has 0 saturated carbocycles. The first-order valence-electron chi connectivity index (χ1n) is 8.25. The lowest BCUT2D eigenvalue weighted by molar-refractivity contribution is -0.148. The molecule has 130 valence electrons. The van der Waals surface area contributed by atoms with Crippen LogP contribution < -0.4 is 5.32 Å². The van der Waals surface area contributed by atoms with Gasteiger partial charge >= 0.3 is 6.18 Å². The first-order chi connectivity index (χ1) is 10.5. The monoisotopic (exact) mass is 324 g/mol. The number of nitrogens with one attached hydrogen (secondary N) is 1. The summed E-state index contributed by atoms with van der Waals surface area (Å²) < 4.78 is 47.9. The van der Waals surface area contributed by atoms with Crippen molar-refractivity contribution in [3.8, 4) is 0 Å². The van der Waals surface area contributed by atoms with Crippen LogP contribution in [0.1, 0.15) is 32.1 Å². The fraction of sp³-hybridized carbons (Fsp3) is 1.00. The van der Waals surface area contributed by atoms with E-state index < -0.39 is 12.7 Å². The average molecular weight is 324 g/mol. The Morgan fingerprint density at radius 3 is 2.59 bits per heavy atom. The lowest BCUT2D eigenvalue weighted by atomic mass is 10.1. The van der Waals surface area contributed by atoms with Crippen LogP contribution in [0.4, 0.5) is 13.2 Å². The summed E-state index contributed by atoms with van der Waals surface area (Å²) in [6.45, 7) is 3.35. The van der Waals surface area contributed by atoms with Gasteiger partial charge in [0, 0.05) is 19.3 Å². The van der Waals surface area contributed by atoms with Crippen molar-refractivity contribution in [3.63, 3.8) is 0 Å². The van der Waals surface area contributed by atoms with Gasteiger partial charge in [-0.2, -0.15) is 13.2 Å². The summed E-state index contributed by atoms with van der Waals surface area (Å²) in [5.74, 6) is 0. The highest BCUT2D eigenvalue weighted by Crippen LogP contribution is 2.19. The van der Waals surface area contributed by atoms with Crippen molar-refractivity contribution in [3.05, 3.63) is 0 Å². The Balaban J connectivity index is 1.43. The highest BCUT2D eigenvalue weighted by Gasteiger charge is 2.32. The van der Waals surface area contributed by atoms with E-state index in [1.54, 1.807) is 0 Å². The zero-order valence-corrected chi connectivity index (χ0v) is 13.0. The van der Waals surface area contributed by atoms with Crippen LogP contribution in [-0.4, -0.2) is 69.2 Å². The summed E-state index contributed by atoms with van der Waals surface area (Å²) in [4.78, 5) is 1.49. The normalized spacial score (nSPS) is 25.0. The van der Waals surface area contributed by atoms with Crippen LogP contribution in [0.3, 0.4) is 0 Å². The molecule has 2 rings (SSSR count). The van der Waals surface area contributed by atoms with E-state index in [1.165, 1.54) is 4.90 Å². The molecule has 2 fully saturated rings. The summed E-state index contributed by atoms with van der Waals surface area (Å²) in [6.07, 6.45) is 0.902. The molecule has 0 spiro atoms. The van der Waals surface area contributed by atoms with Gasteiger partial charge in [0.25, 0.3) is 0 Å². The average Bonchev–Trinajstić information content (AvgIpc) is 2.96. The second-order valence-corrected chi connectivity index (χ2v) is 6.18. The van der Waals surface area contributed by atoms with Crippen LogP contribution in [0.15, 0.2) is 0 Å². The molecule has 2 heterocycles. The molecule has 2 aliphatic heterocycles. The summed E-state index contributed by atoms with van der Waals surface area (Å²) >= 11 is 0. The van der Waals surface area contributed by atoms with E-state index in [0.29, 0.717) is 32.3 Å². The number of hydrogen-bond acceptors (Lipinski definition) is 4. The van der Waals surface area contributed by atoms with Crippen molar-refractivity contribution < 1.29 is 22.6 Å². The molecular weight excluding hydrogens is 297 g/mol. The number of hydrogen-bond donors (Lipinski definition) is 1. The summed E-state index contributed by atoms with van der Waals surface area (Å²) in [6, 6.07) is 0.336. The molecule has 4 nitrogen and oxygen atoms in total. The van der Waals surface area contributed by atoms with Gasteiger partial charge in [-0.3, -0.25) is 4.90 Å². The summed E-state index contributed by atoms with van der Waals surface area (Å²) in [7, 11) is 0. The SMILES string of the molecule is FC(F)(F)CN1CCC(NCCCOCC2CCCO2)CC1. The molecule has 0 radical (unpaired) electrons. The second-order valence-electron chi connectivity index (χ2n) is 6.18. The van der Waals surface area contributed by atoms with E-state index in [-0.39, 0.29) is 6.10 Å². The maximum absolute atomic E-state index is 12.3. The Morgan fingerprint density at radius 1 is 1.18 bits per heavy atom. The van der Waals surface area contributed by atoms with Crippen molar-refractivity contribution in [1.29, 1.82) is 0 Å². The molecule has 2 aliphatic rings. The second kappa shape index (κ2) is 9.05. The third-order valence-electron chi connectivity index (χ3n) is 4.22. The maximum atomic E-state index is 12.3. The van der Waals surface area contributed by atoms with E-state index in [9.17, 15) is 13.2 Å². The van der Waals surface area contributed by atoms with Crippen molar-refractivity contribution in [2.45, 2.75) is 50.4 Å². The van der Waals surface area contributed by atoms with Gasteiger partial charge < -0.3 is 14.8 Å². The number of likely N-dealkylation sites (tertiary alicyclic amines) is 1. The Bertz CT molecular complexity index is 302. The lowest BCUT2D eigenvalue weighted by Crippen LogP contribution is -2.45. The first kappa shape index (κ1) is 18.0. The number of piperidine rings is 1. The van der Waals surface area contributed by atoms with Gasteiger partial charge in [0.05, 0.1) is 19.3 Å². The standard InChI is InChI=1S/C15H27F3N2O2/c16-15(17,18)12-20-7-4-13(5-8-20)19-6-2-9-21-11-14-3-1-10-22-14/h13-14,19H,1-12H2. The smallest absolute Gasteiger partial charge is 0.379 e. The van der Waals surface area contributed by atoms with E-state index in [0.717, 1.165) is 45.3 Å². The van der Waals surface area contributed by atoms with Crippen LogP contribution >= 0.6 is 0 Å². The number of ether oxygens (including phenoxy) is 2. The zero-order valence-electron chi connectivity index (χ0n) is 13.0. The number of rotatable bonds is 8. The van der Waals surface area contributed by atoms with Crippen LogP contribution in [0, 0.1) is 0 Å². The molecule has 1 atom stereocenters. The predicted octanol–water partition coefficient (Wildman–Crippen LogP) is 2.19. The fourth-order valence-electron chi connectivity index (χ4n) is 3.02. The molecule has 0 amide bonds. The molecule has 0 aliphatic carbocycles. The third-order valence-corrected chi connectivity index (χ3v) is 4.22. The summed E-state index contributed by atoms with van der Waals surface area (Å²) in [5, 5.41) is 3.41. The predicted molar refractivity (Wildman–Crippen MR) is 77.9 cm³/mol. The minimum absolute atomic E-state index is 0.269. The van der Waals surface area contributed by atoms with Gasteiger partial charge in [-0.1, -0.05) is 0 Å². The third kappa shape index (κ3) is 7.26. The van der Waals surface area contributed by atoms with E-state index in [4.69, 9.17) is 9.47 Å². The molecule has 22 heavy (non-hydrogen) atoms.